The van der Waals surface area contributed by atoms with Crippen molar-refractivity contribution in [3.8, 4) is 5.75 Å². The van der Waals surface area contributed by atoms with Gasteiger partial charge in [0.25, 0.3) is 0 Å². The molecule has 1 atom stereocenters. The van der Waals surface area contributed by atoms with E-state index in [9.17, 15) is 5.11 Å². The molecule has 5 heteroatoms. The highest BCUT2D eigenvalue weighted by Gasteiger charge is 2.04. The van der Waals surface area contributed by atoms with Gasteiger partial charge in [-0.25, -0.2) is 0 Å². The molecule has 3 nitrogen and oxygen atoms in total. The molecule has 2 rings (SSSR count). The van der Waals surface area contributed by atoms with Crippen LogP contribution in [-0.4, -0.2) is 17.8 Å². The van der Waals surface area contributed by atoms with Gasteiger partial charge in [0.2, 0.25) is 0 Å². The Kier molecular flexibility index (Phi) is 8.49. The molecular weight excluding hydrogens is 366 g/mol. The SMILES string of the molecule is CC(O)CNCc1ccc(OCc2ccccc2)c(Br)c1.[Cl-]. The quantitative estimate of drug-likeness (QED) is 0.729. The Balaban J connectivity index is 0.00000242. The van der Waals surface area contributed by atoms with Gasteiger partial charge in [-0.3, -0.25) is 0 Å². The summed E-state index contributed by atoms with van der Waals surface area (Å²) in [4.78, 5) is 0. The third kappa shape index (κ3) is 6.36. The minimum Gasteiger partial charge on any atom is -1.00 e. The highest BCUT2D eigenvalue weighted by Crippen LogP contribution is 2.26. The molecule has 0 saturated heterocycles. The standard InChI is InChI=1S/C17H20BrNO2.ClH/c1-13(20)10-19-11-15-7-8-17(16(18)9-15)21-12-14-5-3-2-4-6-14;/h2-9,13,19-20H,10-12H2,1H3;1H/p-1. The van der Waals surface area contributed by atoms with Crippen LogP contribution in [0.4, 0.5) is 0 Å². The monoisotopic (exact) mass is 384 g/mol. The number of benzene rings is 2. The van der Waals surface area contributed by atoms with Crippen molar-refractivity contribution in [2.45, 2.75) is 26.2 Å². The summed E-state index contributed by atoms with van der Waals surface area (Å²) >= 11 is 3.54. The lowest BCUT2D eigenvalue weighted by atomic mass is 10.2. The van der Waals surface area contributed by atoms with E-state index in [1.54, 1.807) is 6.92 Å². The van der Waals surface area contributed by atoms with E-state index in [4.69, 9.17) is 4.74 Å². The van der Waals surface area contributed by atoms with E-state index in [0.29, 0.717) is 13.2 Å². The summed E-state index contributed by atoms with van der Waals surface area (Å²) in [5.41, 5.74) is 2.29. The second-order valence-electron chi connectivity index (χ2n) is 5.02. The summed E-state index contributed by atoms with van der Waals surface area (Å²) in [6.07, 6.45) is -0.332. The Morgan fingerprint density at radius 3 is 2.50 bits per heavy atom. The summed E-state index contributed by atoms with van der Waals surface area (Å²) < 4.78 is 6.75. The molecule has 0 aromatic heterocycles. The van der Waals surface area contributed by atoms with Crippen LogP contribution in [0.2, 0.25) is 0 Å². The smallest absolute Gasteiger partial charge is 0.134 e. The first-order chi connectivity index (χ1) is 10.1. The lowest BCUT2D eigenvalue weighted by molar-refractivity contribution is -0.00000676. The summed E-state index contributed by atoms with van der Waals surface area (Å²) in [6.45, 7) is 3.63. The zero-order valence-corrected chi connectivity index (χ0v) is 14.8. The van der Waals surface area contributed by atoms with Crippen molar-refractivity contribution in [1.29, 1.82) is 0 Å². The summed E-state index contributed by atoms with van der Waals surface area (Å²) in [5.74, 6) is 0.832. The first kappa shape index (κ1) is 19.0. The van der Waals surface area contributed by atoms with Crippen molar-refractivity contribution in [2.24, 2.45) is 0 Å². The second-order valence-corrected chi connectivity index (χ2v) is 5.87. The lowest BCUT2D eigenvalue weighted by Gasteiger charge is -2.11. The zero-order valence-electron chi connectivity index (χ0n) is 12.4. The van der Waals surface area contributed by atoms with Gasteiger partial charge in [0.15, 0.2) is 0 Å². The van der Waals surface area contributed by atoms with Crippen molar-refractivity contribution in [3.63, 3.8) is 0 Å². The van der Waals surface area contributed by atoms with Gasteiger partial charge in [0.1, 0.15) is 12.4 Å². The first-order valence-electron chi connectivity index (χ1n) is 6.99. The maximum absolute atomic E-state index is 9.22. The van der Waals surface area contributed by atoms with Gasteiger partial charge < -0.3 is 27.6 Å². The normalized spacial score (nSPS) is 11.6. The number of hydrogen-bond acceptors (Lipinski definition) is 3. The molecule has 0 amide bonds. The number of rotatable bonds is 7. The zero-order chi connectivity index (χ0) is 15.1. The number of hydrogen-bond donors (Lipinski definition) is 2. The van der Waals surface area contributed by atoms with E-state index in [-0.39, 0.29) is 18.5 Å². The van der Waals surface area contributed by atoms with Gasteiger partial charge in [-0.15, -0.1) is 0 Å². The van der Waals surface area contributed by atoms with E-state index in [0.717, 1.165) is 27.9 Å². The molecule has 0 spiro atoms. The summed E-state index contributed by atoms with van der Waals surface area (Å²) in [7, 11) is 0. The molecule has 0 fully saturated rings. The molecule has 0 radical (unpaired) electrons. The lowest BCUT2D eigenvalue weighted by Crippen LogP contribution is -3.00. The van der Waals surface area contributed by atoms with Gasteiger partial charge in [-0.05, 0) is 46.1 Å². The second kappa shape index (κ2) is 9.85. The highest BCUT2D eigenvalue weighted by atomic mass is 79.9. The molecule has 2 N–H and O–H groups in total. The molecule has 0 aliphatic heterocycles. The topological polar surface area (TPSA) is 41.5 Å². The van der Waals surface area contributed by atoms with Gasteiger partial charge in [-0.1, -0.05) is 36.4 Å². The summed E-state index contributed by atoms with van der Waals surface area (Å²) in [5, 5.41) is 12.4. The molecule has 2 aromatic carbocycles. The number of aliphatic hydroxyl groups is 1. The van der Waals surface area contributed by atoms with Crippen LogP contribution < -0.4 is 22.5 Å². The fraction of sp³-hybridized carbons (Fsp3) is 0.294. The molecule has 22 heavy (non-hydrogen) atoms. The first-order valence-corrected chi connectivity index (χ1v) is 7.78. The van der Waals surface area contributed by atoms with Gasteiger partial charge in [-0.2, -0.15) is 0 Å². The maximum atomic E-state index is 9.22. The highest BCUT2D eigenvalue weighted by molar-refractivity contribution is 9.10. The third-order valence-corrected chi connectivity index (χ3v) is 3.62. The van der Waals surface area contributed by atoms with Crippen LogP contribution in [0.3, 0.4) is 0 Å². The minimum atomic E-state index is -0.332. The average molecular weight is 386 g/mol. The van der Waals surface area contributed by atoms with Crippen LogP contribution in [0.15, 0.2) is 53.0 Å². The largest absolute Gasteiger partial charge is 1.00 e. The van der Waals surface area contributed by atoms with E-state index >= 15 is 0 Å². The molecule has 0 bridgehead atoms. The van der Waals surface area contributed by atoms with Gasteiger partial charge >= 0.3 is 0 Å². The van der Waals surface area contributed by atoms with Crippen LogP contribution in [-0.2, 0) is 13.2 Å². The Bertz CT molecular complexity index is 564. The van der Waals surface area contributed by atoms with Crippen molar-refractivity contribution in [1.82, 2.24) is 5.32 Å². The Morgan fingerprint density at radius 2 is 1.86 bits per heavy atom. The number of nitrogens with one attached hydrogen (secondary N) is 1. The van der Waals surface area contributed by atoms with Gasteiger partial charge in [0, 0.05) is 13.1 Å². The average Bonchev–Trinajstić information content (AvgIpc) is 2.47. The number of halogens is 2. The van der Waals surface area contributed by atoms with Crippen molar-refractivity contribution >= 4 is 15.9 Å². The Morgan fingerprint density at radius 1 is 1.14 bits per heavy atom. The Hall–Kier alpha value is -1.07. The van der Waals surface area contributed by atoms with E-state index in [2.05, 4.69) is 21.2 Å². The van der Waals surface area contributed by atoms with Crippen molar-refractivity contribution < 1.29 is 22.3 Å². The molecule has 0 heterocycles. The molecule has 0 saturated carbocycles. The number of ether oxygens (including phenoxy) is 1. The van der Waals surface area contributed by atoms with E-state index < -0.39 is 0 Å². The minimum absolute atomic E-state index is 0. The molecule has 1 unspecified atom stereocenters. The number of aliphatic hydroxyl groups excluding tert-OH is 1. The summed E-state index contributed by atoms with van der Waals surface area (Å²) in [6, 6.07) is 16.1. The van der Waals surface area contributed by atoms with Crippen LogP contribution in [0.25, 0.3) is 0 Å². The maximum Gasteiger partial charge on any atom is 0.134 e. The van der Waals surface area contributed by atoms with E-state index in [1.807, 2.05) is 48.5 Å². The van der Waals surface area contributed by atoms with Crippen LogP contribution in [0.1, 0.15) is 18.1 Å². The fourth-order valence-electron chi connectivity index (χ4n) is 1.93. The van der Waals surface area contributed by atoms with Crippen LogP contribution in [0, 0.1) is 0 Å². The van der Waals surface area contributed by atoms with E-state index in [1.165, 1.54) is 0 Å². The van der Waals surface area contributed by atoms with Crippen LogP contribution >= 0.6 is 15.9 Å². The molecule has 2 aromatic rings. The fourth-order valence-corrected chi connectivity index (χ4v) is 2.47. The third-order valence-electron chi connectivity index (χ3n) is 3.00. The molecular formula is C17H20BrClNO2-. The van der Waals surface area contributed by atoms with Gasteiger partial charge in [0.05, 0.1) is 10.6 Å². The van der Waals surface area contributed by atoms with Crippen molar-refractivity contribution in [3.05, 3.63) is 64.1 Å². The molecule has 0 aliphatic rings. The Labute approximate surface area is 146 Å². The molecule has 0 aliphatic carbocycles. The van der Waals surface area contributed by atoms with Crippen LogP contribution in [0.5, 0.6) is 5.75 Å². The predicted molar refractivity (Wildman–Crippen MR) is 88.3 cm³/mol. The predicted octanol–water partition coefficient (Wildman–Crippen LogP) is 0.502. The molecule has 120 valence electrons. The van der Waals surface area contributed by atoms with Crippen molar-refractivity contribution in [2.75, 3.05) is 6.54 Å².